The van der Waals surface area contributed by atoms with E-state index in [1.165, 1.54) is 27.1 Å². The Hall–Kier alpha value is -1.28. The molecule has 0 spiro atoms. The van der Waals surface area contributed by atoms with Gasteiger partial charge in [-0.15, -0.1) is 0 Å². The molecule has 0 unspecified atom stereocenters. The molecule has 0 radical (unpaired) electrons. The van der Waals surface area contributed by atoms with Gasteiger partial charge in [0.05, 0.1) is 14.1 Å². The van der Waals surface area contributed by atoms with Gasteiger partial charge in [0.1, 0.15) is 6.54 Å². The lowest BCUT2D eigenvalue weighted by molar-refractivity contribution is -0.872. The number of hydrogen-bond acceptors (Lipinski definition) is 0. The van der Waals surface area contributed by atoms with Crippen LogP contribution in [0.3, 0.4) is 0 Å². The number of hydrogen-bond donors (Lipinski definition) is 2. The van der Waals surface area contributed by atoms with Gasteiger partial charge in [-0.1, -0.05) is 18.2 Å². The van der Waals surface area contributed by atoms with Crippen LogP contribution in [-0.4, -0.2) is 19.1 Å². The van der Waals surface area contributed by atoms with Crippen molar-refractivity contribution in [3.63, 3.8) is 0 Å². The number of para-hydroxylation sites is 1. The van der Waals surface area contributed by atoms with Crippen LogP contribution in [0.15, 0.2) is 24.3 Å². The molecule has 0 saturated heterocycles. The lowest BCUT2D eigenvalue weighted by atomic mass is 10.1. The highest BCUT2D eigenvalue weighted by Crippen LogP contribution is 2.20. The second kappa shape index (κ2) is 3.46. The molecule has 0 amide bonds. The van der Waals surface area contributed by atoms with E-state index < -0.39 is 0 Å². The molecular weight excluding hydrogens is 172 g/mol. The van der Waals surface area contributed by atoms with Crippen LogP contribution in [0.2, 0.25) is 0 Å². The minimum atomic E-state index is 1.08. The summed E-state index contributed by atoms with van der Waals surface area (Å²) < 4.78 is 0. The lowest BCUT2D eigenvalue weighted by Crippen LogP contribution is -3.04. The molecule has 0 aliphatic rings. The Bertz CT molecular complexity index is 441. The fraction of sp³-hybridized carbons (Fsp3) is 0.333. The Morgan fingerprint density at radius 2 is 1.93 bits per heavy atom. The molecule has 1 aromatic carbocycles. The van der Waals surface area contributed by atoms with Gasteiger partial charge in [-0.2, -0.15) is 0 Å². The van der Waals surface area contributed by atoms with Gasteiger partial charge < -0.3 is 9.88 Å². The molecule has 74 valence electrons. The standard InChI is InChI=1S/C12H16N2/c1-9-11(8-14(2)3)10-6-4-5-7-12(10)13-9/h4-7,13H,8H2,1-3H3/p+1. The zero-order valence-corrected chi connectivity index (χ0v) is 9.02. The van der Waals surface area contributed by atoms with Crippen LogP contribution in [0.4, 0.5) is 0 Å². The number of nitrogens with one attached hydrogen (secondary N) is 2. The average molecular weight is 189 g/mol. The molecule has 2 rings (SSSR count). The monoisotopic (exact) mass is 189 g/mol. The van der Waals surface area contributed by atoms with Crippen molar-refractivity contribution >= 4 is 10.9 Å². The van der Waals surface area contributed by atoms with Crippen molar-refractivity contribution in [3.05, 3.63) is 35.5 Å². The third kappa shape index (κ3) is 1.53. The highest BCUT2D eigenvalue weighted by Gasteiger charge is 2.09. The number of rotatable bonds is 2. The molecule has 0 atom stereocenters. The van der Waals surface area contributed by atoms with Gasteiger partial charge in [0.2, 0.25) is 0 Å². The van der Waals surface area contributed by atoms with Crippen LogP contribution in [0.5, 0.6) is 0 Å². The second-order valence-electron chi connectivity index (χ2n) is 4.16. The van der Waals surface area contributed by atoms with Crippen molar-refractivity contribution < 1.29 is 4.90 Å². The van der Waals surface area contributed by atoms with Crippen molar-refractivity contribution in [2.24, 2.45) is 0 Å². The van der Waals surface area contributed by atoms with Crippen LogP contribution in [0.1, 0.15) is 11.3 Å². The molecule has 0 fully saturated rings. The second-order valence-corrected chi connectivity index (χ2v) is 4.16. The third-order valence-electron chi connectivity index (χ3n) is 2.56. The molecule has 0 aliphatic carbocycles. The molecular formula is C12H17N2+. The summed E-state index contributed by atoms with van der Waals surface area (Å²) in [6, 6.07) is 8.50. The van der Waals surface area contributed by atoms with E-state index in [1.54, 1.807) is 0 Å². The highest BCUT2D eigenvalue weighted by atomic mass is 15.1. The van der Waals surface area contributed by atoms with E-state index in [-0.39, 0.29) is 0 Å². The summed E-state index contributed by atoms with van der Waals surface area (Å²) in [6.07, 6.45) is 0. The van der Waals surface area contributed by atoms with Gasteiger partial charge in [0, 0.05) is 22.2 Å². The Kier molecular flexibility index (Phi) is 2.30. The quantitative estimate of drug-likeness (QED) is 0.706. The maximum absolute atomic E-state index is 3.42. The summed E-state index contributed by atoms with van der Waals surface area (Å²) in [7, 11) is 4.36. The molecule has 1 heterocycles. The van der Waals surface area contributed by atoms with Gasteiger partial charge in [0.15, 0.2) is 0 Å². The molecule has 2 nitrogen and oxygen atoms in total. The number of aromatic nitrogens is 1. The van der Waals surface area contributed by atoms with Crippen LogP contribution in [-0.2, 0) is 6.54 Å². The fourth-order valence-electron chi connectivity index (χ4n) is 1.92. The van der Waals surface area contributed by atoms with Crippen LogP contribution in [0.25, 0.3) is 10.9 Å². The van der Waals surface area contributed by atoms with Gasteiger partial charge in [-0.3, -0.25) is 0 Å². The molecule has 0 bridgehead atoms. The molecule has 0 saturated carbocycles. The van der Waals surface area contributed by atoms with Crippen molar-refractivity contribution in [1.82, 2.24) is 4.98 Å². The zero-order chi connectivity index (χ0) is 10.1. The van der Waals surface area contributed by atoms with Gasteiger partial charge in [0.25, 0.3) is 0 Å². The van der Waals surface area contributed by atoms with Gasteiger partial charge >= 0.3 is 0 Å². The summed E-state index contributed by atoms with van der Waals surface area (Å²) in [5.74, 6) is 0. The molecule has 0 aliphatic heterocycles. The summed E-state index contributed by atoms with van der Waals surface area (Å²) in [4.78, 5) is 4.88. The number of benzene rings is 1. The van der Waals surface area contributed by atoms with Crippen molar-refractivity contribution in [2.75, 3.05) is 14.1 Å². The molecule has 2 N–H and O–H groups in total. The molecule has 2 heteroatoms. The van der Waals surface area contributed by atoms with Crippen molar-refractivity contribution in [3.8, 4) is 0 Å². The van der Waals surface area contributed by atoms with E-state index in [2.05, 4.69) is 50.3 Å². The topological polar surface area (TPSA) is 20.2 Å². The predicted molar refractivity (Wildman–Crippen MR) is 59.6 cm³/mol. The lowest BCUT2D eigenvalue weighted by Gasteiger charge is -2.06. The van der Waals surface area contributed by atoms with E-state index in [0.717, 1.165) is 6.54 Å². The van der Waals surface area contributed by atoms with E-state index >= 15 is 0 Å². The Labute approximate surface area is 84.5 Å². The summed E-state index contributed by atoms with van der Waals surface area (Å²) in [5, 5.41) is 1.37. The first-order valence-electron chi connectivity index (χ1n) is 5.03. The van der Waals surface area contributed by atoms with Crippen LogP contribution < -0.4 is 4.90 Å². The Morgan fingerprint density at radius 3 is 2.64 bits per heavy atom. The number of quaternary nitrogens is 1. The van der Waals surface area contributed by atoms with Crippen LogP contribution in [0, 0.1) is 6.92 Å². The maximum atomic E-state index is 3.42. The van der Waals surface area contributed by atoms with Gasteiger partial charge in [-0.25, -0.2) is 0 Å². The number of aromatic amines is 1. The maximum Gasteiger partial charge on any atom is 0.105 e. The summed E-state index contributed by atoms with van der Waals surface area (Å²) in [5.41, 5.74) is 3.99. The fourth-order valence-corrected chi connectivity index (χ4v) is 1.92. The summed E-state index contributed by atoms with van der Waals surface area (Å²) in [6.45, 7) is 3.23. The third-order valence-corrected chi connectivity index (χ3v) is 2.56. The predicted octanol–water partition coefficient (Wildman–Crippen LogP) is 1.12. The molecule has 1 aromatic heterocycles. The first-order valence-corrected chi connectivity index (χ1v) is 5.03. The zero-order valence-electron chi connectivity index (χ0n) is 9.02. The Morgan fingerprint density at radius 1 is 1.21 bits per heavy atom. The summed E-state index contributed by atoms with van der Waals surface area (Å²) >= 11 is 0. The van der Waals surface area contributed by atoms with E-state index in [0.29, 0.717) is 0 Å². The first kappa shape index (κ1) is 9.28. The first-order chi connectivity index (χ1) is 6.68. The highest BCUT2D eigenvalue weighted by molar-refractivity contribution is 5.84. The van der Waals surface area contributed by atoms with E-state index in [4.69, 9.17) is 0 Å². The average Bonchev–Trinajstić information content (AvgIpc) is 2.43. The largest absolute Gasteiger partial charge is 0.358 e. The van der Waals surface area contributed by atoms with E-state index in [1.807, 2.05) is 0 Å². The normalized spacial score (nSPS) is 11.4. The Balaban J connectivity index is 2.56. The van der Waals surface area contributed by atoms with Crippen LogP contribution >= 0.6 is 0 Å². The van der Waals surface area contributed by atoms with E-state index in [9.17, 15) is 0 Å². The smallest absolute Gasteiger partial charge is 0.105 e. The minimum absolute atomic E-state index is 1.08. The van der Waals surface area contributed by atoms with Crippen molar-refractivity contribution in [2.45, 2.75) is 13.5 Å². The van der Waals surface area contributed by atoms with Gasteiger partial charge in [-0.05, 0) is 13.0 Å². The molecule has 2 aromatic rings. The number of fused-ring (bicyclic) bond motifs is 1. The molecule has 14 heavy (non-hydrogen) atoms. The SMILES string of the molecule is Cc1[nH]c2ccccc2c1C[NH+](C)C. The number of aryl methyl sites for hydroxylation is 1. The number of H-pyrrole nitrogens is 1. The minimum Gasteiger partial charge on any atom is -0.358 e. The van der Waals surface area contributed by atoms with Crippen molar-refractivity contribution in [1.29, 1.82) is 0 Å².